The van der Waals surface area contributed by atoms with Gasteiger partial charge in [0.05, 0.1) is 0 Å². The largest absolute Gasteiger partial charge is 0.319 e. The topological polar surface area (TPSA) is 29.1 Å². The number of nitrogens with one attached hydrogen (secondary N) is 1. The Bertz CT molecular complexity index is 396. The molecule has 0 aliphatic carbocycles. The van der Waals surface area contributed by atoms with Gasteiger partial charge in [0.15, 0.2) is 5.78 Å². The van der Waals surface area contributed by atoms with E-state index in [1.54, 1.807) is 0 Å². The molecule has 94 valence electrons. The van der Waals surface area contributed by atoms with Crippen LogP contribution in [0.3, 0.4) is 0 Å². The van der Waals surface area contributed by atoms with Crippen LogP contribution < -0.4 is 5.32 Å². The fourth-order valence-corrected chi connectivity index (χ4v) is 2.14. The van der Waals surface area contributed by atoms with Crippen LogP contribution in [0.25, 0.3) is 0 Å². The summed E-state index contributed by atoms with van der Waals surface area (Å²) in [6.07, 6.45) is 0. The Balaban J connectivity index is 3.01. The third kappa shape index (κ3) is 3.40. The highest BCUT2D eigenvalue weighted by molar-refractivity contribution is 5.99. The minimum atomic E-state index is 0.0569. The van der Waals surface area contributed by atoms with Crippen LogP contribution in [-0.4, -0.2) is 19.4 Å². The van der Waals surface area contributed by atoms with Crippen LogP contribution >= 0.6 is 0 Å². The molecule has 17 heavy (non-hydrogen) atoms. The molecule has 0 aromatic heterocycles. The number of benzene rings is 1. The Morgan fingerprint density at radius 1 is 1.29 bits per heavy atom. The van der Waals surface area contributed by atoms with E-state index in [2.05, 4.69) is 32.2 Å². The lowest BCUT2D eigenvalue weighted by Crippen LogP contribution is -2.30. The van der Waals surface area contributed by atoms with Crippen molar-refractivity contribution in [2.24, 2.45) is 11.8 Å². The molecule has 2 heteroatoms. The van der Waals surface area contributed by atoms with Gasteiger partial charge in [-0.05, 0) is 32.4 Å². The molecule has 1 atom stereocenters. The van der Waals surface area contributed by atoms with E-state index in [0.717, 1.165) is 17.7 Å². The van der Waals surface area contributed by atoms with Crippen LogP contribution in [0.4, 0.5) is 0 Å². The lowest BCUT2D eigenvalue weighted by molar-refractivity contribution is 0.0885. The molecule has 0 radical (unpaired) electrons. The zero-order valence-electron chi connectivity index (χ0n) is 11.5. The molecule has 0 bridgehead atoms. The zero-order valence-corrected chi connectivity index (χ0v) is 11.5. The van der Waals surface area contributed by atoms with E-state index >= 15 is 0 Å². The molecule has 0 aliphatic rings. The van der Waals surface area contributed by atoms with Crippen molar-refractivity contribution in [2.45, 2.75) is 27.7 Å². The van der Waals surface area contributed by atoms with Crippen LogP contribution in [0.15, 0.2) is 18.2 Å². The summed E-state index contributed by atoms with van der Waals surface area (Å²) < 4.78 is 0. The van der Waals surface area contributed by atoms with E-state index in [9.17, 15) is 4.79 Å². The Hall–Kier alpha value is -1.15. The number of rotatable bonds is 5. The lowest BCUT2D eigenvalue weighted by Gasteiger charge is -2.20. The van der Waals surface area contributed by atoms with E-state index in [1.807, 2.05) is 26.1 Å². The van der Waals surface area contributed by atoms with Gasteiger partial charge in [0, 0.05) is 18.0 Å². The number of Topliss-reactive ketones (excluding diaryl/α,β-unsaturated/α-hetero) is 1. The second-order valence-electron chi connectivity index (χ2n) is 5.09. The molecule has 0 amide bonds. The second kappa shape index (κ2) is 5.97. The van der Waals surface area contributed by atoms with E-state index in [-0.39, 0.29) is 11.7 Å². The molecule has 1 unspecified atom stereocenters. The quantitative estimate of drug-likeness (QED) is 0.792. The molecule has 0 aliphatic heterocycles. The van der Waals surface area contributed by atoms with Gasteiger partial charge < -0.3 is 5.32 Å². The van der Waals surface area contributed by atoms with Crippen LogP contribution in [-0.2, 0) is 0 Å². The van der Waals surface area contributed by atoms with E-state index in [0.29, 0.717) is 5.92 Å². The maximum atomic E-state index is 12.5. The summed E-state index contributed by atoms with van der Waals surface area (Å²) in [5.41, 5.74) is 3.15. The first kappa shape index (κ1) is 13.9. The van der Waals surface area contributed by atoms with Crippen LogP contribution in [0, 0.1) is 25.7 Å². The molecule has 1 rings (SSSR count). The average Bonchev–Trinajstić information content (AvgIpc) is 2.24. The van der Waals surface area contributed by atoms with Gasteiger partial charge >= 0.3 is 0 Å². The predicted molar refractivity (Wildman–Crippen MR) is 72.5 cm³/mol. The van der Waals surface area contributed by atoms with Crippen molar-refractivity contribution < 1.29 is 4.79 Å². The summed E-state index contributed by atoms with van der Waals surface area (Å²) in [6, 6.07) is 6.04. The second-order valence-corrected chi connectivity index (χ2v) is 5.09. The highest BCUT2D eigenvalue weighted by atomic mass is 16.1. The van der Waals surface area contributed by atoms with Gasteiger partial charge in [0.1, 0.15) is 0 Å². The van der Waals surface area contributed by atoms with Gasteiger partial charge in [0.25, 0.3) is 0 Å². The molecule has 1 N–H and O–H groups in total. The van der Waals surface area contributed by atoms with Crippen molar-refractivity contribution in [3.05, 3.63) is 34.9 Å². The van der Waals surface area contributed by atoms with E-state index in [4.69, 9.17) is 0 Å². The standard InChI is InChI=1S/C15H23NO/c1-10(2)14(9-16-5)15(17)13-7-6-11(3)8-12(13)4/h6-8,10,14,16H,9H2,1-5H3. The summed E-state index contributed by atoms with van der Waals surface area (Å²) in [5, 5.41) is 3.11. The molecule has 2 nitrogen and oxygen atoms in total. The third-order valence-corrected chi connectivity index (χ3v) is 3.21. The minimum Gasteiger partial charge on any atom is -0.319 e. The Labute approximate surface area is 104 Å². The smallest absolute Gasteiger partial charge is 0.167 e. The van der Waals surface area contributed by atoms with Gasteiger partial charge in [-0.15, -0.1) is 0 Å². The monoisotopic (exact) mass is 233 g/mol. The molecular formula is C15H23NO. The summed E-state index contributed by atoms with van der Waals surface area (Å²) >= 11 is 0. The predicted octanol–water partition coefficient (Wildman–Crippen LogP) is 2.98. The maximum absolute atomic E-state index is 12.5. The van der Waals surface area contributed by atoms with Crippen molar-refractivity contribution in [1.82, 2.24) is 5.32 Å². The normalized spacial score (nSPS) is 12.8. The first-order valence-electron chi connectivity index (χ1n) is 6.23. The number of ketones is 1. The van der Waals surface area contributed by atoms with Crippen LogP contribution in [0.1, 0.15) is 35.3 Å². The fourth-order valence-electron chi connectivity index (χ4n) is 2.14. The average molecular weight is 233 g/mol. The van der Waals surface area contributed by atoms with Crippen molar-refractivity contribution in [3.63, 3.8) is 0 Å². The van der Waals surface area contributed by atoms with Gasteiger partial charge in [-0.1, -0.05) is 37.6 Å². The highest BCUT2D eigenvalue weighted by Crippen LogP contribution is 2.20. The summed E-state index contributed by atoms with van der Waals surface area (Å²) in [5.74, 6) is 0.670. The summed E-state index contributed by atoms with van der Waals surface area (Å²) in [4.78, 5) is 12.5. The number of aryl methyl sites for hydroxylation is 2. The lowest BCUT2D eigenvalue weighted by atomic mass is 9.86. The van der Waals surface area contributed by atoms with Crippen LogP contribution in [0.2, 0.25) is 0 Å². The van der Waals surface area contributed by atoms with Crippen molar-refractivity contribution >= 4 is 5.78 Å². The van der Waals surface area contributed by atoms with Crippen molar-refractivity contribution in [2.75, 3.05) is 13.6 Å². The molecule has 0 saturated heterocycles. The minimum absolute atomic E-state index is 0.0569. The van der Waals surface area contributed by atoms with E-state index < -0.39 is 0 Å². The summed E-state index contributed by atoms with van der Waals surface area (Å²) in [7, 11) is 1.89. The number of hydrogen-bond acceptors (Lipinski definition) is 2. The Morgan fingerprint density at radius 3 is 2.41 bits per heavy atom. The van der Waals surface area contributed by atoms with Crippen molar-refractivity contribution in [1.29, 1.82) is 0 Å². The molecule has 0 saturated carbocycles. The number of hydrogen-bond donors (Lipinski definition) is 1. The molecule has 1 aromatic carbocycles. The Morgan fingerprint density at radius 2 is 1.94 bits per heavy atom. The molecule has 0 fully saturated rings. The van der Waals surface area contributed by atoms with Crippen molar-refractivity contribution in [3.8, 4) is 0 Å². The maximum Gasteiger partial charge on any atom is 0.167 e. The first-order valence-corrected chi connectivity index (χ1v) is 6.23. The fraction of sp³-hybridized carbons (Fsp3) is 0.533. The van der Waals surface area contributed by atoms with Gasteiger partial charge in [-0.2, -0.15) is 0 Å². The van der Waals surface area contributed by atoms with Gasteiger partial charge in [0.2, 0.25) is 0 Å². The van der Waals surface area contributed by atoms with Gasteiger partial charge in [-0.3, -0.25) is 4.79 Å². The summed E-state index contributed by atoms with van der Waals surface area (Å²) in [6.45, 7) is 9.00. The SMILES string of the molecule is CNCC(C(=O)c1ccc(C)cc1C)C(C)C. The van der Waals surface area contributed by atoms with Gasteiger partial charge in [-0.25, -0.2) is 0 Å². The van der Waals surface area contributed by atoms with Crippen LogP contribution in [0.5, 0.6) is 0 Å². The zero-order chi connectivity index (χ0) is 13.0. The highest BCUT2D eigenvalue weighted by Gasteiger charge is 2.23. The third-order valence-electron chi connectivity index (χ3n) is 3.21. The molecule has 0 heterocycles. The molecule has 0 spiro atoms. The Kier molecular flexibility index (Phi) is 4.88. The van der Waals surface area contributed by atoms with E-state index in [1.165, 1.54) is 5.56 Å². The number of carbonyl (C=O) groups excluding carboxylic acids is 1. The molecule has 1 aromatic rings. The number of carbonyl (C=O) groups is 1. The molecular weight excluding hydrogens is 210 g/mol. The first-order chi connectivity index (χ1) is 7.97.